The summed E-state index contributed by atoms with van der Waals surface area (Å²) in [6.07, 6.45) is 6.74. The molecule has 4 nitrogen and oxygen atoms in total. The van der Waals surface area contributed by atoms with E-state index >= 15 is 0 Å². The van der Waals surface area contributed by atoms with Crippen molar-refractivity contribution in [3.05, 3.63) is 65.7 Å². The van der Waals surface area contributed by atoms with Crippen LogP contribution >= 0.6 is 11.8 Å². The predicted molar refractivity (Wildman–Crippen MR) is 120 cm³/mol. The third-order valence-electron chi connectivity index (χ3n) is 4.29. The number of thioether (sulfide) groups is 1. The summed E-state index contributed by atoms with van der Waals surface area (Å²) < 4.78 is 5.66. The van der Waals surface area contributed by atoms with Crippen LogP contribution in [0.3, 0.4) is 0 Å². The molecule has 0 saturated heterocycles. The number of nitrogens with zero attached hydrogens (tertiary/aromatic N) is 1. The molecule has 0 aromatic heterocycles. The Morgan fingerprint density at radius 3 is 2.64 bits per heavy atom. The second-order valence-corrected chi connectivity index (χ2v) is 7.64. The van der Waals surface area contributed by atoms with Crippen LogP contribution in [0.5, 0.6) is 5.75 Å². The molecular weight excluding hydrogens is 368 g/mol. The molecule has 1 N–H and O–H groups in total. The van der Waals surface area contributed by atoms with Gasteiger partial charge in [-0.1, -0.05) is 43.3 Å². The second kappa shape index (κ2) is 10.7. The number of rotatable bonds is 8. The van der Waals surface area contributed by atoms with Gasteiger partial charge in [0.2, 0.25) is 0 Å². The molecule has 0 aliphatic carbocycles. The first-order valence-electron chi connectivity index (χ1n) is 9.74. The third kappa shape index (κ3) is 6.27. The van der Waals surface area contributed by atoms with E-state index in [9.17, 15) is 4.79 Å². The number of ketones is 1. The van der Waals surface area contributed by atoms with Gasteiger partial charge in [-0.3, -0.25) is 9.79 Å². The summed E-state index contributed by atoms with van der Waals surface area (Å²) in [6, 6.07) is 15.3. The SMILES string of the molecule is CCCCOc1ccc(/C=C/C(=O)c2ccc(NC3=NCCCS3)cc2)cc1. The topological polar surface area (TPSA) is 50.7 Å². The van der Waals surface area contributed by atoms with Gasteiger partial charge in [0.05, 0.1) is 6.61 Å². The predicted octanol–water partition coefficient (Wildman–Crippen LogP) is 5.67. The van der Waals surface area contributed by atoms with Gasteiger partial charge in [-0.05, 0) is 60.9 Å². The van der Waals surface area contributed by atoms with E-state index in [0.29, 0.717) is 5.56 Å². The van der Waals surface area contributed by atoms with Crippen LogP contribution < -0.4 is 10.1 Å². The van der Waals surface area contributed by atoms with Gasteiger partial charge in [0.1, 0.15) is 5.75 Å². The molecule has 28 heavy (non-hydrogen) atoms. The van der Waals surface area contributed by atoms with Gasteiger partial charge in [0.25, 0.3) is 0 Å². The summed E-state index contributed by atoms with van der Waals surface area (Å²) in [5.74, 6) is 1.94. The van der Waals surface area contributed by atoms with E-state index < -0.39 is 0 Å². The number of allylic oxidation sites excluding steroid dienone is 1. The molecule has 2 aromatic carbocycles. The highest BCUT2D eigenvalue weighted by Gasteiger charge is 2.07. The van der Waals surface area contributed by atoms with Gasteiger partial charge in [-0.25, -0.2) is 0 Å². The molecule has 1 aliphatic heterocycles. The van der Waals surface area contributed by atoms with E-state index in [2.05, 4.69) is 17.2 Å². The molecule has 0 bridgehead atoms. The lowest BCUT2D eigenvalue weighted by molar-refractivity contribution is 0.104. The maximum absolute atomic E-state index is 12.4. The Hall–Kier alpha value is -2.53. The molecule has 0 saturated carbocycles. The van der Waals surface area contributed by atoms with Crippen molar-refractivity contribution in [2.24, 2.45) is 4.99 Å². The highest BCUT2D eigenvalue weighted by Crippen LogP contribution is 2.18. The van der Waals surface area contributed by atoms with Crippen molar-refractivity contribution < 1.29 is 9.53 Å². The van der Waals surface area contributed by atoms with Crippen LogP contribution in [0.1, 0.15) is 42.1 Å². The van der Waals surface area contributed by atoms with E-state index in [0.717, 1.165) is 60.3 Å². The van der Waals surface area contributed by atoms with Gasteiger partial charge >= 0.3 is 0 Å². The van der Waals surface area contributed by atoms with Crippen LogP contribution in [0.15, 0.2) is 59.6 Å². The highest BCUT2D eigenvalue weighted by molar-refractivity contribution is 8.14. The Labute approximate surface area is 171 Å². The van der Waals surface area contributed by atoms with E-state index in [1.165, 1.54) is 0 Å². The largest absolute Gasteiger partial charge is 0.494 e. The fourth-order valence-electron chi connectivity index (χ4n) is 2.65. The molecule has 1 heterocycles. The van der Waals surface area contributed by atoms with Crippen molar-refractivity contribution in [1.82, 2.24) is 0 Å². The fourth-order valence-corrected chi connectivity index (χ4v) is 3.49. The lowest BCUT2D eigenvalue weighted by Crippen LogP contribution is -2.13. The van der Waals surface area contributed by atoms with Crippen LogP contribution in [-0.4, -0.2) is 29.9 Å². The minimum atomic E-state index is -0.0146. The van der Waals surface area contributed by atoms with Gasteiger partial charge in [0, 0.05) is 23.5 Å². The quantitative estimate of drug-likeness (QED) is 0.356. The number of hydrogen-bond acceptors (Lipinski definition) is 5. The molecule has 0 unspecified atom stereocenters. The number of anilines is 1. The molecule has 0 spiro atoms. The summed E-state index contributed by atoms with van der Waals surface area (Å²) in [5.41, 5.74) is 2.59. The Bertz CT molecular complexity index is 827. The molecular formula is C23H26N2O2S. The molecule has 0 fully saturated rings. The van der Waals surface area contributed by atoms with Gasteiger partial charge in [0.15, 0.2) is 11.0 Å². The first-order chi connectivity index (χ1) is 13.7. The first-order valence-corrected chi connectivity index (χ1v) is 10.7. The van der Waals surface area contributed by atoms with E-state index in [1.54, 1.807) is 17.8 Å². The number of carbonyl (C=O) groups excluding carboxylic acids is 1. The average Bonchev–Trinajstić information content (AvgIpc) is 2.74. The summed E-state index contributed by atoms with van der Waals surface area (Å²) in [5, 5.41) is 4.25. The Kier molecular flexibility index (Phi) is 7.73. The van der Waals surface area contributed by atoms with E-state index in [-0.39, 0.29) is 5.78 Å². The second-order valence-electron chi connectivity index (χ2n) is 6.56. The van der Waals surface area contributed by atoms with E-state index in [1.807, 2.05) is 54.6 Å². The zero-order valence-electron chi connectivity index (χ0n) is 16.2. The number of hydrogen-bond donors (Lipinski definition) is 1. The zero-order chi connectivity index (χ0) is 19.6. The van der Waals surface area contributed by atoms with Gasteiger partial charge < -0.3 is 10.1 Å². The van der Waals surface area contributed by atoms with Crippen molar-refractivity contribution in [3.8, 4) is 5.75 Å². The molecule has 0 amide bonds. The molecule has 5 heteroatoms. The van der Waals surface area contributed by atoms with Crippen LogP contribution in [0.25, 0.3) is 6.08 Å². The summed E-state index contributed by atoms with van der Waals surface area (Å²) >= 11 is 1.73. The number of aliphatic imine (C=N–C) groups is 1. The monoisotopic (exact) mass is 394 g/mol. The van der Waals surface area contributed by atoms with Crippen molar-refractivity contribution in [1.29, 1.82) is 0 Å². The number of amidine groups is 1. The zero-order valence-corrected chi connectivity index (χ0v) is 17.0. The van der Waals surface area contributed by atoms with Crippen molar-refractivity contribution in [3.63, 3.8) is 0 Å². The third-order valence-corrected chi connectivity index (χ3v) is 5.29. The Balaban J connectivity index is 1.54. The maximum Gasteiger partial charge on any atom is 0.185 e. The summed E-state index contributed by atoms with van der Waals surface area (Å²) in [7, 11) is 0. The lowest BCUT2D eigenvalue weighted by Gasteiger charge is -2.13. The van der Waals surface area contributed by atoms with Crippen molar-refractivity contribution >= 4 is 34.5 Å². The lowest BCUT2D eigenvalue weighted by atomic mass is 10.1. The van der Waals surface area contributed by atoms with Crippen LogP contribution in [-0.2, 0) is 0 Å². The number of carbonyl (C=O) groups is 1. The minimum Gasteiger partial charge on any atom is -0.494 e. The highest BCUT2D eigenvalue weighted by atomic mass is 32.2. The molecule has 0 radical (unpaired) electrons. The number of unbranched alkanes of at least 4 members (excludes halogenated alkanes) is 1. The minimum absolute atomic E-state index is 0.0146. The standard InChI is InChI=1S/C23H26N2O2S/c1-2-3-16-27-21-12-5-18(6-13-21)7-14-22(26)19-8-10-20(11-9-19)25-23-24-15-4-17-28-23/h5-14H,2-4,15-17H2,1H3,(H,24,25)/b14-7+. The molecule has 0 atom stereocenters. The maximum atomic E-state index is 12.4. The molecule has 3 rings (SSSR count). The van der Waals surface area contributed by atoms with Crippen LogP contribution in [0.4, 0.5) is 5.69 Å². The first kappa shape index (κ1) is 20.2. The Morgan fingerprint density at radius 2 is 1.96 bits per heavy atom. The number of nitrogens with one attached hydrogen (secondary N) is 1. The smallest absolute Gasteiger partial charge is 0.185 e. The Morgan fingerprint density at radius 1 is 1.18 bits per heavy atom. The van der Waals surface area contributed by atoms with Crippen LogP contribution in [0, 0.1) is 0 Å². The van der Waals surface area contributed by atoms with Crippen LogP contribution in [0.2, 0.25) is 0 Å². The van der Waals surface area contributed by atoms with Gasteiger partial charge in [-0.15, -0.1) is 0 Å². The van der Waals surface area contributed by atoms with Gasteiger partial charge in [-0.2, -0.15) is 0 Å². The molecule has 146 valence electrons. The van der Waals surface area contributed by atoms with Crippen molar-refractivity contribution in [2.45, 2.75) is 26.2 Å². The number of benzene rings is 2. The molecule has 1 aliphatic rings. The fraction of sp³-hybridized carbons (Fsp3) is 0.304. The molecule has 2 aromatic rings. The summed E-state index contributed by atoms with van der Waals surface area (Å²) in [6.45, 7) is 3.76. The van der Waals surface area contributed by atoms with Crippen molar-refractivity contribution in [2.75, 3.05) is 24.2 Å². The average molecular weight is 395 g/mol. The normalized spacial score (nSPS) is 14.0. The number of ether oxygens (including phenoxy) is 1. The summed E-state index contributed by atoms with van der Waals surface area (Å²) in [4.78, 5) is 16.9. The van der Waals surface area contributed by atoms with E-state index in [4.69, 9.17) is 4.74 Å².